The van der Waals surface area contributed by atoms with Gasteiger partial charge in [0.25, 0.3) is 5.91 Å². The van der Waals surface area contributed by atoms with Gasteiger partial charge in [0, 0.05) is 12.4 Å². The molecule has 0 N–H and O–H groups in total. The molecule has 0 saturated carbocycles. The Morgan fingerprint density at radius 2 is 1.84 bits per heavy atom. The number of aromatic nitrogens is 1. The molecule has 94 valence electrons. The van der Waals surface area contributed by atoms with E-state index in [1.54, 1.807) is 0 Å². The fourth-order valence-corrected chi connectivity index (χ4v) is 1.42. The summed E-state index contributed by atoms with van der Waals surface area (Å²) in [6.07, 6.45) is -2.37. The number of halogens is 3. The van der Waals surface area contributed by atoms with Crippen molar-refractivity contribution in [2.24, 2.45) is 4.99 Å². The molecule has 0 atom stereocenters. The third-order valence-electron chi connectivity index (χ3n) is 2.15. The Labute approximate surface area is 127 Å². The zero-order valence-electron chi connectivity index (χ0n) is 9.68. The van der Waals surface area contributed by atoms with Gasteiger partial charge >= 0.3 is 35.7 Å². The number of nitrogens with zero attached hydrogens (tertiary/aromatic N) is 3. The van der Waals surface area contributed by atoms with Gasteiger partial charge in [-0.3, -0.25) is 14.7 Å². The number of hydrogen-bond acceptors (Lipinski definition) is 4. The van der Waals surface area contributed by atoms with E-state index in [-0.39, 0.29) is 41.5 Å². The molecule has 1 amide bonds. The summed E-state index contributed by atoms with van der Waals surface area (Å²) in [5, 5.41) is 10.5. The zero-order valence-corrected chi connectivity index (χ0v) is 11.7. The third-order valence-corrected chi connectivity index (χ3v) is 2.15. The van der Waals surface area contributed by atoms with Crippen LogP contribution in [0.15, 0.2) is 41.5 Å². The molecule has 0 fully saturated rings. The molecule has 1 aromatic heterocycles. The second-order valence-corrected chi connectivity index (χ2v) is 3.28. The summed E-state index contributed by atoms with van der Waals surface area (Å²) in [5.74, 6) is -2.54. The second kappa shape index (κ2) is 5.72. The van der Waals surface area contributed by atoms with Crippen molar-refractivity contribution in [1.82, 2.24) is 4.98 Å². The van der Waals surface area contributed by atoms with E-state index in [0.29, 0.717) is 4.90 Å². The summed E-state index contributed by atoms with van der Waals surface area (Å²) in [6.45, 7) is 0. The minimum absolute atomic E-state index is 0. The van der Waals surface area contributed by atoms with Crippen LogP contribution in [0.4, 0.5) is 18.9 Å². The molecular weight excluding hydrogens is 274 g/mol. The average molecular weight is 279 g/mol. The Morgan fingerprint density at radius 3 is 2.32 bits per heavy atom. The Bertz CT molecular complexity index is 543. The molecule has 0 aromatic carbocycles. The number of carbonyl (C=O) groups excluding carboxylic acids is 1. The molecule has 2 heterocycles. The van der Waals surface area contributed by atoms with Gasteiger partial charge in [0.15, 0.2) is 0 Å². The third kappa shape index (κ3) is 2.96. The van der Waals surface area contributed by atoms with Crippen LogP contribution in [0.5, 0.6) is 0 Å². The van der Waals surface area contributed by atoms with Crippen LogP contribution in [0.2, 0.25) is 0 Å². The van der Waals surface area contributed by atoms with Gasteiger partial charge in [0.05, 0.1) is 5.69 Å². The van der Waals surface area contributed by atoms with Crippen LogP contribution in [-0.2, 0) is 4.79 Å². The molecule has 0 radical (unpaired) electrons. The van der Waals surface area contributed by atoms with Crippen molar-refractivity contribution >= 4 is 17.4 Å². The van der Waals surface area contributed by atoms with E-state index in [1.165, 1.54) is 24.5 Å². The maximum atomic E-state index is 12.7. The van der Waals surface area contributed by atoms with Gasteiger partial charge < -0.3 is 5.11 Å². The number of pyridine rings is 1. The quantitative estimate of drug-likeness (QED) is 0.327. The molecule has 0 unspecified atom stereocenters. The monoisotopic (exact) mass is 279 g/mol. The molecule has 0 aliphatic carbocycles. The Morgan fingerprint density at radius 1 is 1.26 bits per heavy atom. The molecule has 1 aromatic rings. The Hall–Kier alpha value is -1.38. The first kappa shape index (κ1) is 15.7. The normalized spacial score (nSPS) is 17.4. The average Bonchev–Trinajstić information content (AvgIpc) is 2.67. The van der Waals surface area contributed by atoms with Crippen molar-refractivity contribution in [2.75, 3.05) is 4.90 Å². The number of amidine groups is 1. The van der Waals surface area contributed by atoms with Gasteiger partial charge in [-0.05, 0) is 12.1 Å². The van der Waals surface area contributed by atoms with Crippen LogP contribution in [0.3, 0.4) is 0 Å². The molecular formula is C10H5F3N3NaO2. The standard InChI is InChI=1S/C10H6F3N3O2.Na/c11-10(12,13)9-15-7(5-17)8(18)16(9)6-1-3-14-4-2-6;/h1-5,17H;/q;+1/p-1/b7-5-;. The van der Waals surface area contributed by atoms with Crippen LogP contribution in [0, 0.1) is 0 Å². The van der Waals surface area contributed by atoms with Crippen molar-refractivity contribution in [3.8, 4) is 0 Å². The first-order chi connectivity index (χ1) is 8.45. The van der Waals surface area contributed by atoms with E-state index < -0.39 is 23.6 Å². The van der Waals surface area contributed by atoms with Crippen LogP contribution in [0.25, 0.3) is 0 Å². The van der Waals surface area contributed by atoms with Crippen LogP contribution < -0.4 is 39.6 Å². The summed E-state index contributed by atoms with van der Waals surface area (Å²) in [4.78, 5) is 18.6. The van der Waals surface area contributed by atoms with Crippen LogP contribution in [-0.4, -0.2) is 22.9 Å². The first-order valence-electron chi connectivity index (χ1n) is 4.67. The fourth-order valence-electron chi connectivity index (χ4n) is 1.42. The number of alkyl halides is 3. The summed E-state index contributed by atoms with van der Waals surface area (Å²) >= 11 is 0. The summed E-state index contributed by atoms with van der Waals surface area (Å²) in [6, 6.07) is 2.43. The fraction of sp³-hybridized carbons (Fsp3) is 0.100. The largest absolute Gasteiger partial charge is 1.00 e. The van der Waals surface area contributed by atoms with Gasteiger partial charge in [-0.1, -0.05) is 0 Å². The van der Waals surface area contributed by atoms with E-state index in [4.69, 9.17) is 0 Å². The van der Waals surface area contributed by atoms with Gasteiger partial charge in [-0.15, -0.1) is 6.26 Å². The molecule has 1 aliphatic heterocycles. The topological polar surface area (TPSA) is 68.6 Å². The number of anilines is 1. The number of aliphatic imine (C=N–C) groups is 1. The van der Waals surface area contributed by atoms with Crippen molar-refractivity contribution in [2.45, 2.75) is 6.18 Å². The first-order valence-corrected chi connectivity index (χ1v) is 4.67. The molecule has 19 heavy (non-hydrogen) atoms. The molecule has 0 spiro atoms. The molecule has 5 nitrogen and oxygen atoms in total. The Balaban J connectivity index is 0.00000180. The predicted molar refractivity (Wildman–Crippen MR) is 53.3 cm³/mol. The van der Waals surface area contributed by atoms with E-state index in [1.807, 2.05) is 0 Å². The van der Waals surface area contributed by atoms with Crippen molar-refractivity contribution in [3.05, 3.63) is 36.5 Å². The van der Waals surface area contributed by atoms with Crippen molar-refractivity contribution in [3.63, 3.8) is 0 Å². The van der Waals surface area contributed by atoms with Gasteiger partial charge in [-0.2, -0.15) is 13.2 Å². The molecule has 2 rings (SSSR count). The van der Waals surface area contributed by atoms with E-state index in [9.17, 15) is 23.1 Å². The van der Waals surface area contributed by atoms with Crippen LogP contribution >= 0.6 is 0 Å². The molecule has 1 aliphatic rings. The SMILES string of the molecule is O=C1/C(=C/[O-])N=C(C(F)(F)F)N1c1ccncc1.[Na+]. The molecule has 0 saturated heterocycles. The van der Waals surface area contributed by atoms with E-state index in [2.05, 4.69) is 9.98 Å². The summed E-state index contributed by atoms with van der Waals surface area (Å²) in [7, 11) is 0. The molecule has 0 bridgehead atoms. The van der Waals surface area contributed by atoms with Crippen molar-refractivity contribution < 1.29 is 52.6 Å². The maximum absolute atomic E-state index is 12.7. The minimum atomic E-state index is -4.83. The molecule has 9 heteroatoms. The number of carbonyl (C=O) groups is 1. The second-order valence-electron chi connectivity index (χ2n) is 3.28. The van der Waals surface area contributed by atoms with E-state index in [0.717, 1.165) is 0 Å². The number of rotatable bonds is 1. The zero-order chi connectivity index (χ0) is 13.3. The summed E-state index contributed by atoms with van der Waals surface area (Å²) < 4.78 is 38.1. The predicted octanol–water partition coefficient (Wildman–Crippen LogP) is -2.41. The van der Waals surface area contributed by atoms with E-state index >= 15 is 0 Å². The Kier molecular flexibility index (Phi) is 4.72. The number of amides is 1. The summed E-state index contributed by atoms with van der Waals surface area (Å²) in [5.41, 5.74) is -0.831. The maximum Gasteiger partial charge on any atom is 1.00 e. The van der Waals surface area contributed by atoms with Gasteiger partial charge in [0.1, 0.15) is 5.70 Å². The van der Waals surface area contributed by atoms with Crippen LogP contribution in [0.1, 0.15) is 0 Å². The smallest absolute Gasteiger partial charge is 0.876 e. The minimum Gasteiger partial charge on any atom is -0.876 e. The van der Waals surface area contributed by atoms with Gasteiger partial charge in [-0.25, -0.2) is 4.99 Å². The number of hydrogen-bond donors (Lipinski definition) is 0. The van der Waals surface area contributed by atoms with Crippen molar-refractivity contribution in [1.29, 1.82) is 0 Å². The van der Waals surface area contributed by atoms with Gasteiger partial charge in [0.2, 0.25) is 5.84 Å².